The van der Waals surface area contributed by atoms with E-state index in [1.54, 1.807) is 13.0 Å². The molecule has 1 unspecified atom stereocenters. The number of nitrogens with one attached hydrogen (secondary N) is 1. The lowest BCUT2D eigenvalue weighted by molar-refractivity contribution is -0.137. The molecule has 0 aromatic heterocycles. The van der Waals surface area contributed by atoms with Gasteiger partial charge in [0.25, 0.3) is 10.0 Å². The molecule has 180 valence electrons. The molecule has 0 saturated carbocycles. The van der Waals surface area contributed by atoms with Crippen LogP contribution in [0.15, 0.2) is 77.7 Å². The average molecular weight is 491 g/mol. The van der Waals surface area contributed by atoms with Gasteiger partial charge in [0, 0.05) is 0 Å². The van der Waals surface area contributed by atoms with Gasteiger partial charge in [-0.2, -0.15) is 13.2 Å². The molecule has 0 spiro atoms. The number of halogens is 3. The molecule has 0 bridgehead atoms. The van der Waals surface area contributed by atoms with E-state index in [4.69, 9.17) is 0 Å². The summed E-state index contributed by atoms with van der Waals surface area (Å²) in [7, 11) is -4.32. The Hall–Kier alpha value is -3.33. The van der Waals surface area contributed by atoms with Gasteiger partial charge in [0.1, 0.15) is 6.54 Å². The molecule has 0 aliphatic carbocycles. The van der Waals surface area contributed by atoms with Crippen LogP contribution in [0.1, 0.15) is 35.2 Å². The maximum absolute atomic E-state index is 13.3. The molecule has 3 aromatic rings. The highest BCUT2D eigenvalue weighted by Crippen LogP contribution is 2.33. The van der Waals surface area contributed by atoms with Crippen molar-refractivity contribution in [2.45, 2.75) is 37.9 Å². The van der Waals surface area contributed by atoms with Crippen LogP contribution in [0, 0.1) is 13.8 Å². The van der Waals surface area contributed by atoms with Gasteiger partial charge in [-0.1, -0.05) is 48.0 Å². The summed E-state index contributed by atoms with van der Waals surface area (Å²) in [5.41, 5.74) is 1.55. The van der Waals surface area contributed by atoms with Gasteiger partial charge in [0.05, 0.1) is 22.2 Å². The molecule has 34 heavy (non-hydrogen) atoms. The van der Waals surface area contributed by atoms with Gasteiger partial charge in [0.2, 0.25) is 5.91 Å². The molecule has 3 aromatic carbocycles. The van der Waals surface area contributed by atoms with Crippen LogP contribution in [0.25, 0.3) is 0 Å². The van der Waals surface area contributed by atoms with Crippen molar-refractivity contribution in [2.75, 3.05) is 10.8 Å². The molecule has 1 N–H and O–H groups in total. The van der Waals surface area contributed by atoms with Gasteiger partial charge in [-0.15, -0.1) is 0 Å². The lowest BCUT2D eigenvalue weighted by atomic mass is 10.00. The molecular formula is C25H25F3N2O3S. The number of anilines is 1. The zero-order valence-corrected chi connectivity index (χ0v) is 19.7. The van der Waals surface area contributed by atoms with Gasteiger partial charge in [-0.25, -0.2) is 8.42 Å². The number of hydrogen-bond acceptors (Lipinski definition) is 3. The number of nitrogens with zero attached hydrogens (tertiary/aromatic N) is 1. The highest BCUT2D eigenvalue weighted by atomic mass is 32.2. The van der Waals surface area contributed by atoms with E-state index in [1.807, 2.05) is 32.0 Å². The molecule has 9 heteroatoms. The molecular weight excluding hydrogens is 465 g/mol. The van der Waals surface area contributed by atoms with E-state index >= 15 is 0 Å². The molecule has 0 heterocycles. The Morgan fingerprint density at radius 1 is 0.971 bits per heavy atom. The van der Waals surface area contributed by atoms with Crippen molar-refractivity contribution in [3.05, 3.63) is 95.1 Å². The highest BCUT2D eigenvalue weighted by Gasteiger charge is 2.33. The number of carbonyl (C=O) groups excluding carboxylic acids is 1. The second kappa shape index (κ2) is 9.89. The van der Waals surface area contributed by atoms with E-state index in [2.05, 4.69) is 5.32 Å². The van der Waals surface area contributed by atoms with Crippen molar-refractivity contribution in [3.8, 4) is 0 Å². The van der Waals surface area contributed by atoms with Crippen molar-refractivity contribution in [1.82, 2.24) is 5.32 Å². The van der Waals surface area contributed by atoms with E-state index in [9.17, 15) is 26.4 Å². The fourth-order valence-corrected chi connectivity index (χ4v) is 5.03. The first-order valence-electron chi connectivity index (χ1n) is 10.5. The predicted octanol–water partition coefficient (Wildman–Crippen LogP) is 5.39. The monoisotopic (exact) mass is 490 g/mol. The molecule has 0 radical (unpaired) electrons. The topological polar surface area (TPSA) is 66.5 Å². The lowest BCUT2D eigenvalue weighted by Crippen LogP contribution is -2.41. The third kappa shape index (κ3) is 5.77. The predicted molar refractivity (Wildman–Crippen MR) is 125 cm³/mol. The van der Waals surface area contributed by atoms with Gasteiger partial charge < -0.3 is 5.32 Å². The van der Waals surface area contributed by atoms with E-state index in [-0.39, 0.29) is 10.6 Å². The van der Waals surface area contributed by atoms with Crippen LogP contribution >= 0.6 is 0 Å². The van der Waals surface area contributed by atoms with Crippen LogP contribution in [0.5, 0.6) is 0 Å². The van der Waals surface area contributed by atoms with E-state index < -0.39 is 40.3 Å². The highest BCUT2D eigenvalue weighted by molar-refractivity contribution is 7.92. The summed E-state index contributed by atoms with van der Waals surface area (Å²) in [5.74, 6) is -0.648. The molecule has 0 fully saturated rings. The Bertz CT molecular complexity index is 1280. The fourth-order valence-electron chi connectivity index (χ4n) is 3.59. The number of benzene rings is 3. The van der Waals surface area contributed by atoms with Gasteiger partial charge in [-0.3, -0.25) is 9.10 Å². The smallest absolute Gasteiger partial charge is 0.348 e. The first-order valence-corrected chi connectivity index (χ1v) is 11.9. The zero-order valence-electron chi connectivity index (χ0n) is 18.9. The standard InChI is InChI=1S/C25H25F3N2O3S/c1-17-12-13-18(2)23(14-17)19(3)29-24(31)16-30(34(32,33)22-10-5-4-6-11-22)21-9-7-8-20(15-21)25(26,27)28/h4-15,19H,16H2,1-3H3,(H,29,31). The minimum absolute atomic E-state index is 0.136. The van der Waals surface area contributed by atoms with Gasteiger partial charge in [-0.05, 0) is 62.2 Å². The van der Waals surface area contributed by atoms with Crippen LogP contribution in [0.3, 0.4) is 0 Å². The summed E-state index contributed by atoms with van der Waals surface area (Å²) in [6.45, 7) is 4.89. The van der Waals surface area contributed by atoms with Crippen LogP contribution < -0.4 is 9.62 Å². The second-order valence-corrected chi connectivity index (χ2v) is 9.88. The molecule has 0 aliphatic rings. The first-order chi connectivity index (χ1) is 15.9. The number of rotatable bonds is 7. The zero-order chi connectivity index (χ0) is 25.1. The third-order valence-corrected chi connectivity index (χ3v) is 7.15. The summed E-state index contributed by atoms with van der Waals surface area (Å²) in [6, 6.07) is 16.5. The van der Waals surface area contributed by atoms with Crippen LogP contribution in [0.2, 0.25) is 0 Å². The maximum Gasteiger partial charge on any atom is 0.416 e. The summed E-state index contributed by atoms with van der Waals surface area (Å²) >= 11 is 0. The number of amides is 1. The molecule has 5 nitrogen and oxygen atoms in total. The Labute approximate surface area is 197 Å². The van der Waals surface area contributed by atoms with Crippen molar-refractivity contribution in [2.24, 2.45) is 0 Å². The summed E-state index contributed by atoms with van der Waals surface area (Å²) in [4.78, 5) is 12.8. The molecule has 0 saturated heterocycles. The summed E-state index contributed by atoms with van der Waals surface area (Å²) in [6.07, 6.45) is -4.67. The van der Waals surface area contributed by atoms with Gasteiger partial charge >= 0.3 is 6.18 Å². The largest absolute Gasteiger partial charge is 0.416 e. The van der Waals surface area contributed by atoms with Crippen LogP contribution in [0.4, 0.5) is 18.9 Å². The molecule has 1 amide bonds. The SMILES string of the molecule is Cc1ccc(C)c(C(C)NC(=O)CN(c2cccc(C(F)(F)F)c2)S(=O)(=O)c2ccccc2)c1. The van der Waals surface area contributed by atoms with Crippen LogP contribution in [-0.4, -0.2) is 20.9 Å². The molecule has 0 aliphatic heterocycles. The number of sulfonamides is 1. The Kier molecular flexibility index (Phi) is 7.35. The van der Waals surface area contributed by atoms with Crippen molar-refractivity contribution >= 4 is 21.6 Å². The first kappa shape index (κ1) is 25.3. The van der Waals surface area contributed by atoms with E-state index in [0.29, 0.717) is 4.31 Å². The fraction of sp³-hybridized carbons (Fsp3) is 0.240. The molecule has 1 atom stereocenters. The van der Waals surface area contributed by atoms with E-state index in [1.165, 1.54) is 30.3 Å². The second-order valence-electron chi connectivity index (χ2n) is 8.02. The summed E-state index contributed by atoms with van der Waals surface area (Å²) < 4.78 is 67.3. The quantitative estimate of drug-likeness (QED) is 0.483. The lowest BCUT2D eigenvalue weighted by Gasteiger charge is -2.26. The number of hydrogen-bond donors (Lipinski definition) is 1. The van der Waals surface area contributed by atoms with Crippen molar-refractivity contribution < 1.29 is 26.4 Å². The summed E-state index contributed by atoms with van der Waals surface area (Å²) in [5, 5.41) is 2.77. The van der Waals surface area contributed by atoms with E-state index in [0.717, 1.165) is 34.9 Å². The van der Waals surface area contributed by atoms with Gasteiger partial charge in [0.15, 0.2) is 0 Å². The average Bonchev–Trinajstić information content (AvgIpc) is 2.79. The number of aryl methyl sites for hydroxylation is 2. The maximum atomic E-state index is 13.3. The van der Waals surface area contributed by atoms with Crippen molar-refractivity contribution in [3.63, 3.8) is 0 Å². The Morgan fingerprint density at radius 3 is 2.29 bits per heavy atom. The number of carbonyl (C=O) groups is 1. The Morgan fingerprint density at radius 2 is 1.65 bits per heavy atom. The third-order valence-electron chi connectivity index (χ3n) is 5.36. The number of alkyl halides is 3. The minimum atomic E-state index is -4.67. The minimum Gasteiger partial charge on any atom is -0.348 e. The van der Waals surface area contributed by atoms with Crippen LogP contribution in [-0.2, 0) is 21.0 Å². The normalized spacial score (nSPS) is 12.8. The van der Waals surface area contributed by atoms with Crippen molar-refractivity contribution in [1.29, 1.82) is 0 Å². The molecule has 3 rings (SSSR count). The Balaban J connectivity index is 1.96.